The molecule has 98 valence electrons. The molecule has 5 nitrogen and oxygen atoms in total. The van der Waals surface area contributed by atoms with Crippen LogP contribution in [0, 0.1) is 5.92 Å². The number of urea groups is 1. The summed E-state index contributed by atoms with van der Waals surface area (Å²) in [5.74, 6) is 0.489. The Morgan fingerprint density at radius 3 is 2.71 bits per heavy atom. The lowest BCUT2D eigenvalue weighted by Gasteiger charge is -2.27. The van der Waals surface area contributed by atoms with E-state index in [2.05, 4.69) is 17.6 Å². The molecule has 0 aromatic carbocycles. The van der Waals surface area contributed by atoms with Crippen LogP contribution in [0.2, 0.25) is 0 Å². The van der Waals surface area contributed by atoms with Crippen LogP contribution in [0.5, 0.6) is 0 Å². The molecule has 0 radical (unpaired) electrons. The highest BCUT2D eigenvalue weighted by Gasteiger charge is 2.22. The second-order valence-corrected chi connectivity index (χ2v) is 5.30. The largest absolute Gasteiger partial charge is 0.336 e. The number of carbonyl (C=O) groups is 2. The number of hydrogen-bond donors (Lipinski definition) is 3. The van der Waals surface area contributed by atoms with Gasteiger partial charge in [-0.15, -0.1) is 0 Å². The Morgan fingerprint density at radius 2 is 2.12 bits per heavy atom. The van der Waals surface area contributed by atoms with Gasteiger partial charge in [-0.3, -0.25) is 10.1 Å². The van der Waals surface area contributed by atoms with E-state index in [1.165, 1.54) is 17.7 Å². The number of piperidine rings is 1. The normalized spacial score (nSPS) is 24.5. The van der Waals surface area contributed by atoms with Gasteiger partial charge in [-0.25, -0.2) is 4.79 Å². The van der Waals surface area contributed by atoms with Gasteiger partial charge in [0.25, 0.3) is 5.91 Å². The zero-order valence-corrected chi connectivity index (χ0v) is 11.0. The minimum absolute atomic E-state index is 0.0464. The van der Waals surface area contributed by atoms with Crippen LogP contribution < -0.4 is 15.5 Å². The van der Waals surface area contributed by atoms with Crippen molar-refractivity contribution >= 4 is 11.9 Å². The first kappa shape index (κ1) is 14.0. The monoisotopic (exact) mass is 242 g/mol. The molecule has 3 N–H and O–H groups in total. The van der Waals surface area contributed by atoms with Crippen LogP contribution >= 0.6 is 0 Å². The zero-order chi connectivity index (χ0) is 12.8. The van der Waals surface area contributed by atoms with Crippen LogP contribution in [0.15, 0.2) is 0 Å². The van der Waals surface area contributed by atoms with Gasteiger partial charge in [-0.2, -0.15) is 0 Å². The maximum absolute atomic E-state index is 11.6. The molecule has 1 aliphatic rings. The molecule has 0 aliphatic carbocycles. The minimum atomic E-state index is -0.394. The molecule has 1 saturated heterocycles. The van der Waals surface area contributed by atoms with Crippen LogP contribution in [-0.4, -0.2) is 37.6 Å². The van der Waals surface area contributed by atoms with Crippen molar-refractivity contribution in [3.8, 4) is 0 Å². The third-order valence-electron chi connectivity index (χ3n) is 2.95. The molecule has 1 rings (SSSR count). The number of rotatable bonds is 3. The molecule has 1 heterocycles. The van der Waals surface area contributed by atoms with E-state index in [1.54, 1.807) is 0 Å². The van der Waals surface area contributed by atoms with E-state index in [1.807, 2.05) is 13.8 Å². The smallest absolute Gasteiger partial charge is 0.321 e. The van der Waals surface area contributed by atoms with Gasteiger partial charge in [0.15, 0.2) is 6.54 Å². The highest BCUT2D eigenvalue weighted by Crippen LogP contribution is 2.04. The first-order valence-electron chi connectivity index (χ1n) is 6.41. The third-order valence-corrected chi connectivity index (χ3v) is 2.95. The molecule has 2 atom stereocenters. The first-order chi connectivity index (χ1) is 7.97. The Balaban J connectivity index is 2.26. The van der Waals surface area contributed by atoms with Crippen molar-refractivity contribution in [2.24, 2.45) is 5.92 Å². The van der Waals surface area contributed by atoms with Crippen molar-refractivity contribution in [2.75, 3.05) is 19.6 Å². The van der Waals surface area contributed by atoms with Gasteiger partial charge in [0.05, 0.1) is 13.1 Å². The fourth-order valence-electron chi connectivity index (χ4n) is 2.25. The van der Waals surface area contributed by atoms with E-state index in [9.17, 15) is 9.59 Å². The second-order valence-electron chi connectivity index (χ2n) is 5.30. The van der Waals surface area contributed by atoms with Gasteiger partial charge >= 0.3 is 6.03 Å². The molecule has 3 amide bonds. The second kappa shape index (κ2) is 6.59. The van der Waals surface area contributed by atoms with Crippen molar-refractivity contribution in [3.63, 3.8) is 0 Å². The Labute approximate surface area is 103 Å². The first-order valence-corrected chi connectivity index (χ1v) is 6.41. The summed E-state index contributed by atoms with van der Waals surface area (Å²) in [6.07, 6.45) is 2.42. The van der Waals surface area contributed by atoms with Crippen molar-refractivity contribution in [1.82, 2.24) is 10.6 Å². The highest BCUT2D eigenvalue weighted by molar-refractivity contribution is 5.94. The van der Waals surface area contributed by atoms with E-state index in [-0.39, 0.29) is 11.9 Å². The highest BCUT2D eigenvalue weighted by atomic mass is 16.2. The molecule has 0 bridgehead atoms. The van der Waals surface area contributed by atoms with Crippen LogP contribution in [0.3, 0.4) is 0 Å². The number of nitrogens with one attached hydrogen (secondary N) is 3. The Morgan fingerprint density at radius 1 is 1.41 bits per heavy atom. The quantitative estimate of drug-likeness (QED) is 0.627. The van der Waals surface area contributed by atoms with Crippen LogP contribution in [0.4, 0.5) is 4.79 Å². The van der Waals surface area contributed by atoms with Gasteiger partial charge in [0, 0.05) is 12.0 Å². The standard InChI is InChI=1S/C12H23N3O2/c1-9(2)13-12(17)14-11(16)8-15-6-4-5-10(3)7-15/h9-10H,4-8H2,1-3H3,(H2,13,14,16,17)/p+1/t10-/m0/s1. The molecule has 5 heteroatoms. The Kier molecular flexibility index (Phi) is 5.41. The third kappa shape index (κ3) is 5.68. The number of likely N-dealkylation sites (tertiary alicyclic amines) is 1. The number of amides is 3. The summed E-state index contributed by atoms with van der Waals surface area (Å²) < 4.78 is 0. The maximum atomic E-state index is 11.6. The van der Waals surface area contributed by atoms with Crippen LogP contribution in [0.25, 0.3) is 0 Å². The van der Waals surface area contributed by atoms with E-state index >= 15 is 0 Å². The number of hydrogen-bond acceptors (Lipinski definition) is 2. The average Bonchev–Trinajstić information content (AvgIpc) is 2.14. The van der Waals surface area contributed by atoms with Gasteiger partial charge in [0.2, 0.25) is 0 Å². The van der Waals surface area contributed by atoms with Crippen molar-refractivity contribution in [1.29, 1.82) is 0 Å². The summed E-state index contributed by atoms with van der Waals surface area (Å²) in [6.45, 7) is 8.39. The van der Waals surface area contributed by atoms with E-state index in [0.717, 1.165) is 13.1 Å². The SMILES string of the molecule is CC(C)NC(=O)NC(=O)C[NH+]1CCC[C@H](C)C1. The van der Waals surface area contributed by atoms with Gasteiger partial charge in [-0.1, -0.05) is 6.92 Å². The topological polar surface area (TPSA) is 62.6 Å². The summed E-state index contributed by atoms with van der Waals surface area (Å²) in [7, 11) is 0. The van der Waals surface area contributed by atoms with Crippen LogP contribution in [0.1, 0.15) is 33.6 Å². The van der Waals surface area contributed by atoms with Crippen molar-refractivity contribution in [2.45, 2.75) is 39.7 Å². The molecule has 1 aliphatic heterocycles. The average molecular weight is 242 g/mol. The lowest BCUT2D eigenvalue weighted by molar-refractivity contribution is -0.900. The van der Waals surface area contributed by atoms with E-state index in [0.29, 0.717) is 12.5 Å². The molecule has 0 aromatic rings. The van der Waals surface area contributed by atoms with Gasteiger partial charge < -0.3 is 10.2 Å². The fourth-order valence-corrected chi connectivity index (χ4v) is 2.25. The van der Waals surface area contributed by atoms with E-state index in [4.69, 9.17) is 0 Å². The molecule has 0 saturated carbocycles. The molecule has 17 heavy (non-hydrogen) atoms. The summed E-state index contributed by atoms with van der Waals surface area (Å²) in [5.41, 5.74) is 0. The molecular weight excluding hydrogens is 218 g/mol. The molecule has 0 aromatic heterocycles. The van der Waals surface area contributed by atoms with Crippen molar-refractivity contribution < 1.29 is 14.5 Å². The number of imide groups is 1. The zero-order valence-electron chi connectivity index (χ0n) is 11.0. The van der Waals surface area contributed by atoms with Gasteiger partial charge in [0.1, 0.15) is 0 Å². The summed E-state index contributed by atoms with van der Waals surface area (Å²) in [5, 5.41) is 5.00. The Hall–Kier alpha value is -1.10. The molecule has 0 spiro atoms. The maximum Gasteiger partial charge on any atom is 0.321 e. The Bertz CT molecular complexity index is 279. The predicted molar refractivity (Wildman–Crippen MR) is 65.8 cm³/mol. The lowest BCUT2D eigenvalue weighted by atomic mass is 10.0. The minimum Gasteiger partial charge on any atom is -0.336 e. The number of quaternary nitrogens is 1. The molecule has 1 unspecified atom stereocenters. The molecule has 1 fully saturated rings. The fraction of sp³-hybridized carbons (Fsp3) is 0.833. The number of carbonyl (C=O) groups excluding carboxylic acids is 2. The van der Waals surface area contributed by atoms with Crippen LogP contribution in [-0.2, 0) is 4.79 Å². The lowest BCUT2D eigenvalue weighted by Crippen LogP contribution is -3.14. The predicted octanol–water partition coefficient (Wildman–Crippen LogP) is -0.465. The summed E-state index contributed by atoms with van der Waals surface area (Å²) in [6, 6.07) is -0.348. The summed E-state index contributed by atoms with van der Waals surface area (Å²) in [4.78, 5) is 24.2. The van der Waals surface area contributed by atoms with Crippen molar-refractivity contribution in [3.05, 3.63) is 0 Å². The summed E-state index contributed by atoms with van der Waals surface area (Å²) >= 11 is 0. The molecular formula is C12H24N3O2+. The van der Waals surface area contributed by atoms with E-state index < -0.39 is 6.03 Å². The van der Waals surface area contributed by atoms with Gasteiger partial charge in [-0.05, 0) is 26.7 Å².